The summed E-state index contributed by atoms with van der Waals surface area (Å²) in [6.45, 7) is 8.17. The highest BCUT2D eigenvalue weighted by atomic mass is 16.5. The number of ether oxygens (including phenoxy) is 2. The molecule has 0 aromatic heterocycles. The Hall–Kier alpha value is -1.55. The monoisotopic (exact) mass is 345 g/mol. The summed E-state index contributed by atoms with van der Waals surface area (Å²) in [6.07, 6.45) is 4.29. The van der Waals surface area contributed by atoms with Crippen LogP contribution in [0.1, 0.15) is 63.7 Å². The van der Waals surface area contributed by atoms with Gasteiger partial charge in [0.1, 0.15) is 5.75 Å². The molecule has 25 heavy (non-hydrogen) atoms. The predicted octanol–water partition coefficient (Wildman–Crippen LogP) is 4.16. The Kier molecular flexibility index (Phi) is 5.10. The SMILES string of the molecule is COc1cc(C)ccc1[C@H]1C[C@@](C)(NC(C)=O)[C@@H]2CC[C@@H](C)C[C@H]2O1. The first kappa shape index (κ1) is 18.2. The van der Waals surface area contributed by atoms with E-state index >= 15 is 0 Å². The molecule has 1 aliphatic carbocycles. The van der Waals surface area contributed by atoms with Gasteiger partial charge >= 0.3 is 0 Å². The van der Waals surface area contributed by atoms with E-state index in [4.69, 9.17) is 9.47 Å². The molecule has 4 heteroatoms. The average molecular weight is 345 g/mol. The maximum atomic E-state index is 11.9. The standard InChI is InChI=1S/C21H31NO3/c1-13-6-8-16(18(10-13)24-5)20-12-21(4,22-15(3)23)17-9-7-14(2)11-19(17)25-20/h6,8,10,14,17,19-20H,7,9,11-12H2,1-5H3,(H,22,23)/t14-,17-,19-,20-,21-/m1/s1. The van der Waals surface area contributed by atoms with Crippen LogP contribution in [0.2, 0.25) is 0 Å². The molecule has 5 atom stereocenters. The molecule has 1 heterocycles. The Morgan fingerprint density at radius 3 is 2.80 bits per heavy atom. The van der Waals surface area contributed by atoms with Crippen molar-refractivity contribution in [2.45, 2.75) is 71.1 Å². The fourth-order valence-electron chi connectivity index (χ4n) is 4.82. The third-order valence-electron chi connectivity index (χ3n) is 6.02. The van der Waals surface area contributed by atoms with Crippen LogP contribution in [0.5, 0.6) is 5.75 Å². The van der Waals surface area contributed by atoms with E-state index in [1.807, 2.05) is 0 Å². The number of benzene rings is 1. The van der Waals surface area contributed by atoms with Crippen molar-refractivity contribution in [1.29, 1.82) is 0 Å². The second kappa shape index (κ2) is 6.99. The van der Waals surface area contributed by atoms with Gasteiger partial charge in [-0.15, -0.1) is 0 Å². The Bertz CT molecular complexity index is 644. The van der Waals surface area contributed by atoms with Gasteiger partial charge in [0.25, 0.3) is 0 Å². The lowest BCUT2D eigenvalue weighted by atomic mass is 9.66. The molecule has 0 spiro atoms. The van der Waals surface area contributed by atoms with Gasteiger partial charge in [-0.1, -0.05) is 25.5 Å². The molecule has 0 radical (unpaired) electrons. The van der Waals surface area contributed by atoms with Crippen molar-refractivity contribution in [3.63, 3.8) is 0 Å². The summed E-state index contributed by atoms with van der Waals surface area (Å²) < 4.78 is 12.2. The van der Waals surface area contributed by atoms with Gasteiger partial charge in [0.15, 0.2) is 0 Å². The van der Waals surface area contributed by atoms with Crippen molar-refractivity contribution in [3.05, 3.63) is 29.3 Å². The lowest BCUT2D eigenvalue weighted by Gasteiger charge is -2.52. The molecular formula is C21H31NO3. The number of hydrogen-bond acceptors (Lipinski definition) is 3. The van der Waals surface area contributed by atoms with Crippen molar-refractivity contribution in [2.24, 2.45) is 11.8 Å². The highest BCUT2D eigenvalue weighted by Gasteiger charge is 2.49. The average Bonchev–Trinajstić information content (AvgIpc) is 2.53. The van der Waals surface area contributed by atoms with E-state index < -0.39 is 0 Å². The largest absolute Gasteiger partial charge is 0.496 e. The maximum absolute atomic E-state index is 11.9. The summed E-state index contributed by atoms with van der Waals surface area (Å²) in [6, 6.07) is 6.27. The van der Waals surface area contributed by atoms with E-state index in [9.17, 15) is 4.79 Å². The van der Waals surface area contributed by atoms with Gasteiger partial charge in [0.2, 0.25) is 5.91 Å². The summed E-state index contributed by atoms with van der Waals surface area (Å²) in [5.74, 6) is 1.95. The van der Waals surface area contributed by atoms with Crippen molar-refractivity contribution < 1.29 is 14.3 Å². The van der Waals surface area contributed by atoms with Gasteiger partial charge in [-0.2, -0.15) is 0 Å². The second-order valence-corrected chi connectivity index (χ2v) is 8.24. The number of aryl methyl sites for hydroxylation is 1. The van der Waals surface area contributed by atoms with E-state index in [0.29, 0.717) is 11.8 Å². The number of nitrogens with one attached hydrogen (secondary N) is 1. The van der Waals surface area contributed by atoms with Crippen LogP contribution in [0, 0.1) is 18.8 Å². The zero-order valence-electron chi connectivity index (χ0n) is 16.1. The van der Waals surface area contributed by atoms with Crippen LogP contribution in [0.15, 0.2) is 18.2 Å². The Balaban J connectivity index is 1.95. The van der Waals surface area contributed by atoms with Crippen LogP contribution in [-0.2, 0) is 9.53 Å². The number of hydrogen-bond donors (Lipinski definition) is 1. The molecule has 1 saturated heterocycles. The first-order valence-corrected chi connectivity index (χ1v) is 9.41. The van der Waals surface area contributed by atoms with E-state index in [-0.39, 0.29) is 23.7 Å². The van der Waals surface area contributed by atoms with Crippen molar-refractivity contribution in [3.8, 4) is 5.75 Å². The highest BCUT2D eigenvalue weighted by Crippen LogP contribution is 2.49. The van der Waals surface area contributed by atoms with Crippen molar-refractivity contribution in [2.75, 3.05) is 7.11 Å². The van der Waals surface area contributed by atoms with Gasteiger partial charge in [0.05, 0.1) is 19.3 Å². The molecule has 2 aliphatic rings. The molecular weight excluding hydrogens is 314 g/mol. The number of methoxy groups -OCH3 is 1. The van der Waals surface area contributed by atoms with Crippen LogP contribution in [-0.4, -0.2) is 24.7 Å². The second-order valence-electron chi connectivity index (χ2n) is 8.24. The Morgan fingerprint density at radius 1 is 1.36 bits per heavy atom. The normalized spacial score (nSPS) is 34.9. The van der Waals surface area contributed by atoms with E-state index in [0.717, 1.165) is 30.6 Å². The van der Waals surface area contributed by atoms with E-state index in [2.05, 4.69) is 44.3 Å². The van der Waals surface area contributed by atoms with E-state index in [1.54, 1.807) is 14.0 Å². The first-order valence-electron chi connectivity index (χ1n) is 9.41. The van der Waals surface area contributed by atoms with Gasteiger partial charge in [-0.05, 0) is 44.2 Å². The molecule has 1 aromatic carbocycles. The molecule has 1 aromatic rings. The molecule has 0 bridgehead atoms. The van der Waals surface area contributed by atoms with E-state index in [1.165, 1.54) is 12.0 Å². The summed E-state index contributed by atoms with van der Waals surface area (Å²) in [5, 5.41) is 3.26. The fourth-order valence-corrected chi connectivity index (χ4v) is 4.82. The fraction of sp³-hybridized carbons (Fsp3) is 0.667. The predicted molar refractivity (Wildman–Crippen MR) is 98.7 cm³/mol. The minimum absolute atomic E-state index is 0.0383. The van der Waals surface area contributed by atoms with Gasteiger partial charge in [0, 0.05) is 30.4 Å². The van der Waals surface area contributed by atoms with Crippen LogP contribution in [0.4, 0.5) is 0 Å². The van der Waals surface area contributed by atoms with Crippen LogP contribution < -0.4 is 10.1 Å². The van der Waals surface area contributed by atoms with Gasteiger partial charge in [-0.3, -0.25) is 4.79 Å². The summed E-state index contributed by atoms with van der Waals surface area (Å²) in [5.41, 5.74) is 2.02. The number of amides is 1. The lowest BCUT2D eigenvalue weighted by molar-refractivity contribution is -0.153. The quantitative estimate of drug-likeness (QED) is 0.894. The third-order valence-corrected chi connectivity index (χ3v) is 6.02. The van der Waals surface area contributed by atoms with Crippen LogP contribution in [0.25, 0.3) is 0 Å². The number of carbonyl (C=O) groups is 1. The third kappa shape index (κ3) is 3.69. The first-order chi connectivity index (χ1) is 11.8. The topological polar surface area (TPSA) is 47.6 Å². The molecule has 1 amide bonds. The smallest absolute Gasteiger partial charge is 0.217 e. The zero-order valence-corrected chi connectivity index (χ0v) is 16.1. The van der Waals surface area contributed by atoms with Crippen molar-refractivity contribution >= 4 is 5.91 Å². The minimum atomic E-state index is -0.241. The highest BCUT2D eigenvalue weighted by molar-refractivity contribution is 5.73. The Morgan fingerprint density at radius 2 is 2.12 bits per heavy atom. The molecule has 1 saturated carbocycles. The molecule has 138 valence electrons. The van der Waals surface area contributed by atoms with Gasteiger partial charge < -0.3 is 14.8 Å². The van der Waals surface area contributed by atoms with Crippen molar-refractivity contribution in [1.82, 2.24) is 5.32 Å². The summed E-state index contributed by atoms with van der Waals surface area (Å²) in [4.78, 5) is 11.9. The number of fused-ring (bicyclic) bond motifs is 1. The minimum Gasteiger partial charge on any atom is -0.496 e. The van der Waals surface area contributed by atoms with Gasteiger partial charge in [-0.25, -0.2) is 0 Å². The van der Waals surface area contributed by atoms with Crippen LogP contribution in [0.3, 0.4) is 0 Å². The van der Waals surface area contributed by atoms with Crippen LogP contribution >= 0.6 is 0 Å². The zero-order chi connectivity index (χ0) is 18.2. The number of carbonyl (C=O) groups excluding carboxylic acids is 1. The molecule has 1 aliphatic heterocycles. The number of rotatable bonds is 3. The lowest BCUT2D eigenvalue weighted by Crippen LogP contribution is -2.60. The molecule has 3 rings (SSSR count). The Labute approximate surface area is 151 Å². The molecule has 0 unspecified atom stereocenters. The summed E-state index contributed by atoms with van der Waals surface area (Å²) in [7, 11) is 1.71. The maximum Gasteiger partial charge on any atom is 0.217 e. The molecule has 1 N–H and O–H groups in total. The molecule has 2 fully saturated rings. The summed E-state index contributed by atoms with van der Waals surface area (Å²) >= 11 is 0. The molecule has 4 nitrogen and oxygen atoms in total.